The van der Waals surface area contributed by atoms with Gasteiger partial charge in [0.2, 0.25) is 0 Å². The topological polar surface area (TPSA) is 32.5 Å². The first-order valence-corrected chi connectivity index (χ1v) is 6.66. The lowest BCUT2D eigenvalue weighted by atomic mass is 10.1. The fraction of sp³-hybridized carbons (Fsp3) is 0.500. The van der Waals surface area contributed by atoms with E-state index in [1.165, 1.54) is 9.26 Å². The Labute approximate surface area is 111 Å². The van der Waals surface area contributed by atoms with Gasteiger partial charge < -0.3 is 15.5 Å². The van der Waals surface area contributed by atoms with Crippen LogP contribution >= 0.6 is 22.6 Å². The van der Waals surface area contributed by atoms with Crippen LogP contribution in [-0.2, 0) is 0 Å². The average Bonchev–Trinajstić information content (AvgIpc) is 2.22. The van der Waals surface area contributed by atoms with Crippen LogP contribution in [0.5, 0.6) is 0 Å². The Hall–Kier alpha value is -0.490. The van der Waals surface area contributed by atoms with E-state index in [0.29, 0.717) is 6.04 Å². The Bertz CT molecular complexity index is 381. The van der Waals surface area contributed by atoms with Crippen LogP contribution in [-0.4, -0.2) is 37.6 Å². The smallest absolute Gasteiger partial charge is 0.0504 e. The molecule has 0 radical (unpaired) electrons. The maximum absolute atomic E-state index is 5.77. The minimum atomic E-state index is 0.613. The summed E-state index contributed by atoms with van der Waals surface area (Å²) >= 11 is 2.37. The van der Waals surface area contributed by atoms with Gasteiger partial charge in [-0.15, -0.1) is 0 Å². The van der Waals surface area contributed by atoms with Gasteiger partial charge in [-0.2, -0.15) is 0 Å². The predicted octanol–water partition coefficient (Wildman–Crippen LogP) is 2.01. The van der Waals surface area contributed by atoms with Crippen molar-refractivity contribution in [3.63, 3.8) is 0 Å². The first-order valence-electron chi connectivity index (χ1n) is 5.58. The molecule has 1 aromatic carbocycles. The fourth-order valence-electron chi connectivity index (χ4n) is 2.05. The molecule has 0 saturated carbocycles. The molecule has 0 aliphatic carbocycles. The summed E-state index contributed by atoms with van der Waals surface area (Å²) in [6, 6.07) is 6.77. The van der Waals surface area contributed by atoms with Crippen LogP contribution in [0.25, 0.3) is 0 Å². The Balaban J connectivity index is 2.18. The van der Waals surface area contributed by atoms with Gasteiger partial charge in [0, 0.05) is 34.9 Å². The quantitative estimate of drug-likeness (QED) is 0.631. The molecule has 1 unspecified atom stereocenters. The normalized spacial score (nSPS) is 22.4. The van der Waals surface area contributed by atoms with E-state index >= 15 is 0 Å². The van der Waals surface area contributed by atoms with Crippen molar-refractivity contribution in [3.8, 4) is 0 Å². The van der Waals surface area contributed by atoms with Crippen LogP contribution in [0.4, 0.5) is 11.4 Å². The summed E-state index contributed by atoms with van der Waals surface area (Å²) in [5, 5.41) is 0. The van der Waals surface area contributed by atoms with Crippen molar-refractivity contribution < 1.29 is 0 Å². The highest BCUT2D eigenvalue weighted by Gasteiger charge is 2.21. The highest BCUT2D eigenvalue weighted by atomic mass is 127. The van der Waals surface area contributed by atoms with E-state index in [-0.39, 0.29) is 0 Å². The second kappa shape index (κ2) is 4.79. The summed E-state index contributed by atoms with van der Waals surface area (Å²) in [5.74, 6) is 0. The molecule has 1 saturated heterocycles. The van der Waals surface area contributed by atoms with Gasteiger partial charge in [0.25, 0.3) is 0 Å². The molecular weight excluding hydrogens is 313 g/mol. The van der Waals surface area contributed by atoms with Crippen molar-refractivity contribution in [2.45, 2.75) is 13.0 Å². The van der Waals surface area contributed by atoms with Gasteiger partial charge in [-0.25, -0.2) is 0 Å². The van der Waals surface area contributed by atoms with Crippen molar-refractivity contribution in [3.05, 3.63) is 21.8 Å². The number of likely N-dealkylation sites (N-methyl/N-ethyl adjacent to an activating group) is 1. The molecule has 0 amide bonds. The van der Waals surface area contributed by atoms with Crippen molar-refractivity contribution in [2.75, 3.05) is 37.3 Å². The number of hydrogen-bond acceptors (Lipinski definition) is 3. The van der Waals surface area contributed by atoms with Crippen molar-refractivity contribution in [1.29, 1.82) is 0 Å². The maximum Gasteiger partial charge on any atom is 0.0504 e. The molecule has 1 aliphatic rings. The highest BCUT2D eigenvalue weighted by Crippen LogP contribution is 2.26. The van der Waals surface area contributed by atoms with Gasteiger partial charge in [-0.3, -0.25) is 0 Å². The van der Waals surface area contributed by atoms with Crippen LogP contribution in [0.2, 0.25) is 0 Å². The van der Waals surface area contributed by atoms with E-state index in [9.17, 15) is 0 Å². The van der Waals surface area contributed by atoms with Crippen LogP contribution in [0, 0.1) is 3.57 Å². The van der Waals surface area contributed by atoms with Crippen LogP contribution < -0.4 is 10.6 Å². The van der Waals surface area contributed by atoms with Crippen LogP contribution in [0.3, 0.4) is 0 Å². The zero-order chi connectivity index (χ0) is 11.7. The Morgan fingerprint density at radius 2 is 2.12 bits per heavy atom. The number of nitrogens with two attached hydrogens (primary N) is 1. The standard InChI is InChI=1S/C12H18IN3/c1-9-8-16(6-5-15(9)2)12-4-3-10(14)7-11(12)13/h3-4,7,9H,5-6,8,14H2,1-2H3. The third-order valence-corrected chi connectivity index (χ3v) is 4.14. The summed E-state index contributed by atoms with van der Waals surface area (Å²) < 4.78 is 1.24. The summed E-state index contributed by atoms with van der Waals surface area (Å²) in [7, 11) is 2.19. The van der Waals surface area contributed by atoms with E-state index in [0.717, 1.165) is 25.3 Å². The molecule has 1 atom stereocenters. The summed E-state index contributed by atoms with van der Waals surface area (Å²) in [6.07, 6.45) is 0. The molecule has 16 heavy (non-hydrogen) atoms. The molecule has 3 nitrogen and oxygen atoms in total. The van der Waals surface area contributed by atoms with E-state index in [4.69, 9.17) is 5.73 Å². The number of hydrogen-bond donors (Lipinski definition) is 1. The summed E-state index contributed by atoms with van der Waals surface area (Å²) in [5.41, 5.74) is 7.93. The van der Waals surface area contributed by atoms with Crippen molar-refractivity contribution in [1.82, 2.24) is 4.90 Å². The maximum atomic E-state index is 5.77. The first kappa shape index (κ1) is 12.0. The van der Waals surface area contributed by atoms with E-state index < -0.39 is 0 Å². The van der Waals surface area contributed by atoms with Crippen molar-refractivity contribution in [2.24, 2.45) is 0 Å². The van der Waals surface area contributed by atoms with Crippen molar-refractivity contribution >= 4 is 34.0 Å². The van der Waals surface area contributed by atoms with Gasteiger partial charge in [-0.1, -0.05) is 0 Å². The molecule has 1 aliphatic heterocycles. The minimum absolute atomic E-state index is 0.613. The largest absolute Gasteiger partial charge is 0.399 e. The highest BCUT2D eigenvalue weighted by molar-refractivity contribution is 14.1. The third-order valence-electron chi connectivity index (χ3n) is 3.27. The molecule has 0 bridgehead atoms. The lowest BCUT2D eigenvalue weighted by molar-refractivity contribution is 0.234. The number of benzene rings is 1. The molecule has 0 spiro atoms. The summed E-state index contributed by atoms with van der Waals surface area (Å²) in [6.45, 7) is 5.59. The monoisotopic (exact) mass is 331 g/mol. The fourth-order valence-corrected chi connectivity index (χ4v) is 2.93. The van der Waals surface area contributed by atoms with Gasteiger partial charge in [0.15, 0.2) is 0 Å². The van der Waals surface area contributed by atoms with Gasteiger partial charge in [0.1, 0.15) is 0 Å². The molecule has 2 rings (SSSR count). The lowest BCUT2D eigenvalue weighted by Crippen LogP contribution is -2.50. The average molecular weight is 331 g/mol. The molecular formula is C12H18IN3. The van der Waals surface area contributed by atoms with E-state index in [1.54, 1.807) is 0 Å². The molecule has 0 aromatic heterocycles. The van der Waals surface area contributed by atoms with Gasteiger partial charge >= 0.3 is 0 Å². The SMILES string of the molecule is CC1CN(c2ccc(N)cc2I)CCN1C. The van der Waals surface area contributed by atoms with Gasteiger partial charge in [0.05, 0.1) is 5.69 Å². The zero-order valence-corrected chi connectivity index (χ0v) is 11.9. The second-order valence-electron chi connectivity index (χ2n) is 4.49. The molecule has 88 valence electrons. The molecule has 1 fully saturated rings. The van der Waals surface area contributed by atoms with Crippen LogP contribution in [0.1, 0.15) is 6.92 Å². The number of nitrogen functional groups attached to an aromatic ring is 1. The number of anilines is 2. The molecule has 4 heteroatoms. The number of piperazine rings is 1. The second-order valence-corrected chi connectivity index (χ2v) is 5.65. The predicted molar refractivity (Wildman–Crippen MR) is 77.9 cm³/mol. The number of halogens is 1. The van der Waals surface area contributed by atoms with Crippen LogP contribution in [0.15, 0.2) is 18.2 Å². The Morgan fingerprint density at radius 1 is 1.38 bits per heavy atom. The first-order chi connectivity index (χ1) is 7.58. The zero-order valence-electron chi connectivity index (χ0n) is 9.78. The molecule has 2 N–H and O–H groups in total. The Kier molecular flexibility index (Phi) is 3.59. The number of rotatable bonds is 1. The lowest BCUT2D eigenvalue weighted by Gasteiger charge is -2.39. The molecule has 1 heterocycles. The van der Waals surface area contributed by atoms with E-state index in [2.05, 4.69) is 52.4 Å². The van der Waals surface area contributed by atoms with E-state index in [1.807, 2.05) is 12.1 Å². The third kappa shape index (κ3) is 2.43. The summed E-state index contributed by atoms with van der Waals surface area (Å²) in [4.78, 5) is 4.85. The van der Waals surface area contributed by atoms with Gasteiger partial charge in [-0.05, 0) is 54.8 Å². The Morgan fingerprint density at radius 3 is 2.75 bits per heavy atom. The molecule has 1 aromatic rings. The number of nitrogens with zero attached hydrogens (tertiary/aromatic N) is 2. The minimum Gasteiger partial charge on any atom is -0.399 e.